The Morgan fingerprint density at radius 1 is 1.15 bits per heavy atom. The Hall–Kier alpha value is -2.14. The molecule has 0 atom stereocenters. The van der Waals surface area contributed by atoms with Crippen LogP contribution in [0.1, 0.15) is 12.5 Å². The van der Waals surface area contributed by atoms with E-state index in [4.69, 9.17) is 5.73 Å². The fraction of sp³-hybridized carbons (Fsp3) is 0.200. The van der Waals surface area contributed by atoms with Crippen molar-refractivity contribution in [2.45, 2.75) is 13.3 Å². The van der Waals surface area contributed by atoms with Crippen molar-refractivity contribution in [3.63, 3.8) is 0 Å². The summed E-state index contributed by atoms with van der Waals surface area (Å²) >= 11 is 1.58. The van der Waals surface area contributed by atoms with Crippen LogP contribution in [0.3, 0.4) is 0 Å². The highest BCUT2D eigenvalue weighted by molar-refractivity contribution is 7.16. The Morgan fingerprint density at radius 3 is 2.60 bits per heavy atom. The SMILES string of the molecule is CCc1ccc(N(C)c2nc(N)nc3sccc23)cc1. The summed E-state index contributed by atoms with van der Waals surface area (Å²) in [6, 6.07) is 10.5. The smallest absolute Gasteiger partial charge is 0.223 e. The first-order valence-corrected chi connectivity index (χ1v) is 7.40. The van der Waals surface area contributed by atoms with Crippen molar-refractivity contribution in [1.29, 1.82) is 0 Å². The predicted octanol–water partition coefficient (Wildman–Crippen LogP) is 3.60. The molecule has 0 unspecified atom stereocenters. The molecule has 0 fully saturated rings. The highest BCUT2D eigenvalue weighted by Gasteiger charge is 2.12. The summed E-state index contributed by atoms with van der Waals surface area (Å²) in [6.45, 7) is 2.15. The van der Waals surface area contributed by atoms with Crippen LogP contribution in [0.4, 0.5) is 17.5 Å². The normalized spacial score (nSPS) is 10.9. The van der Waals surface area contributed by atoms with E-state index in [2.05, 4.69) is 41.2 Å². The summed E-state index contributed by atoms with van der Waals surface area (Å²) in [5, 5.41) is 3.04. The van der Waals surface area contributed by atoms with Gasteiger partial charge in [-0.25, -0.2) is 4.98 Å². The lowest BCUT2D eigenvalue weighted by molar-refractivity contribution is 1.11. The van der Waals surface area contributed by atoms with Crippen molar-refractivity contribution in [2.75, 3.05) is 17.7 Å². The largest absolute Gasteiger partial charge is 0.368 e. The third-order valence-corrected chi connectivity index (χ3v) is 4.18. The average molecular weight is 284 g/mol. The van der Waals surface area contributed by atoms with Crippen molar-refractivity contribution in [2.24, 2.45) is 0 Å². The molecule has 2 aromatic heterocycles. The third-order valence-electron chi connectivity index (χ3n) is 3.37. The van der Waals surface area contributed by atoms with Gasteiger partial charge in [-0.1, -0.05) is 19.1 Å². The number of benzene rings is 1. The molecule has 1 aromatic carbocycles. The molecule has 3 aromatic rings. The van der Waals surface area contributed by atoms with Crippen LogP contribution in [-0.4, -0.2) is 17.0 Å². The minimum atomic E-state index is 0.312. The zero-order valence-electron chi connectivity index (χ0n) is 11.5. The first-order valence-electron chi connectivity index (χ1n) is 6.52. The minimum absolute atomic E-state index is 0.312. The molecule has 0 amide bonds. The summed E-state index contributed by atoms with van der Waals surface area (Å²) < 4.78 is 0. The van der Waals surface area contributed by atoms with E-state index in [1.807, 2.05) is 23.4 Å². The quantitative estimate of drug-likeness (QED) is 0.798. The van der Waals surface area contributed by atoms with E-state index in [1.54, 1.807) is 11.3 Å². The molecule has 0 saturated carbocycles. The second-order valence-corrected chi connectivity index (χ2v) is 5.52. The molecule has 20 heavy (non-hydrogen) atoms. The molecule has 0 aliphatic carbocycles. The van der Waals surface area contributed by atoms with Crippen molar-refractivity contribution in [1.82, 2.24) is 9.97 Å². The van der Waals surface area contributed by atoms with Crippen molar-refractivity contribution < 1.29 is 0 Å². The molecule has 5 heteroatoms. The van der Waals surface area contributed by atoms with Gasteiger partial charge in [-0.2, -0.15) is 4.98 Å². The summed E-state index contributed by atoms with van der Waals surface area (Å²) in [5.41, 5.74) is 8.22. The van der Waals surface area contributed by atoms with Crippen LogP contribution in [-0.2, 0) is 6.42 Å². The van der Waals surface area contributed by atoms with E-state index in [1.165, 1.54) is 5.56 Å². The van der Waals surface area contributed by atoms with Crippen LogP contribution in [0.5, 0.6) is 0 Å². The summed E-state index contributed by atoms with van der Waals surface area (Å²) in [6.07, 6.45) is 1.04. The van der Waals surface area contributed by atoms with Gasteiger partial charge in [0.25, 0.3) is 0 Å². The summed E-state index contributed by atoms with van der Waals surface area (Å²) in [7, 11) is 2.00. The third kappa shape index (κ3) is 2.20. The van der Waals surface area contributed by atoms with E-state index in [0.717, 1.165) is 28.1 Å². The highest BCUT2D eigenvalue weighted by atomic mass is 32.1. The Kier molecular flexibility index (Phi) is 3.28. The van der Waals surface area contributed by atoms with Gasteiger partial charge in [0.2, 0.25) is 5.95 Å². The lowest BCUT2D eigenvalue weighted by Crippen LogP contribution is -2.13. The molecular weight excluding hydrogens is 268 g/mol. The Bertz CT molecular complexity index is 733. The molecule has 2 heterocycles. The summed E-state index contributed by atoms with van der Waals surface area (Å²) in [5.74, 6) is 1.16. The number of anilines is 3. The number of aromatic nitrogens is 2. The number of rotatable bonds is 3. The summed E-state index contributed by atoms with van der Waals surface area (Å²) in [4.78, 5) is 11.6. The van der Waals surface area contributed by atoms with Gasteiger partial charge >= 0.3 is 0 Å². The fourth-order valence-electron chi connectivity index (χ4n) is 2.19. The number of nitrogen functional groups attached to an aromatic ring is 1. The average Bonchev–Trinajstić information content (AvgIpc) is 2.94. The molecule has 0 bridgehead atoms. The van der Waals surface area contributed by atoms with Crippen LogP contribution in [0, 0.1) is 0 Å². The van der Waals surface area contributed by atoms with Gasteiger partial charge in [-0.3, -0.25) is 0 Å². The van der Waals surface area contributed by atoms with E-state index in [-0.39, 0.29) is 0 Å². The van der Waals surface area contributed by atoms with Crippen LogP contribution >= 0.6 is 11.3 Å². The van der Waals surface area contributed by atoms with E-state index in [9.17, 15) is 0 Å². The molecule has 4 nitrogen and oxygen atoms in total. The van der Waals surface area contributed by atoms with Crippen molar-refractivity contribution in [3.05, 3.63) is 41.3 Å². The maximum Gasteiger partial charge on any atom is 0.223 e. The van der Waals surface area contributed by atoms with Gasteiger partial charge in [0, 0.05) is 12.7 Å². The predicted molar refractivity (Wildman–Crippen MR) is 85.7 cm³/mol. The number of fused-ring (bicyclic) bond motifs is 1. The molecule has 0 saturated heterocycles. The molecule has 0 aliphatic rings. The van der Waals surface area contributed by atoms with Crippen LogP contribution in [0.25, 0.3) is 10.2 Å². The maximum absolute atomic E-state index is 5.80. The first-order chi connectivity index (χ1) is 9.69. The molecule has 3 rings (SSSR count). The van der Waals surface area contributed by atoms with E-state index < -0.39 is 0 Å². The highest BCUT2D eigenvalue weighted by Crippen LogP contribution is 2.31. The Labute approximate surface area is 121 Å². The number of nitrogens with two attached hydrogens (primary N) is 1. The van der Waals surface area contributed by atoms with Crippen molar-refractivity contribution >= 4 is 39.0 Å². The van der Waals surface area contributed by atoms with Crippen LogP contribution in [0.15, 0.2) is 35.7 Å². The van der Waals surface area contributed by atoms with E-state index in [0.29, 0.717) is 5.95 Å². The second-order valence-electron chi connectivity index (χ2n) is 4.62. The van der Waals surface area contributed by atoms with Gasteiger partial charge in [-0.05, 0) is 35.6 Å². The van der Waals surface area contributed by atoms with Gasteiger partial charge in [0.05, 0.1) is 5.39 Å². The lowest BCUT2D eigenvalue weighted by Gasteiger charge is -2.19. The second kappa shape index (κ2) is 5.09. The monoisotopic (exact) mass is 284 g/mol. The number of aryl methyl sites for hydroxylation is 1. The molecular formula is C15H16N4S. The van der Waals surface area contributed by atoms with Crippen molar-refractivity contribution in [3.8, 4) is 0 Å². The molecule has 2 N–H and O–H groups in total. The minimum Gasteiger partial charge on any atom is -0.368 e. The first kappa shape index (κ1) is 12.9. The lowest BCUT2D eigenvalue weighted by atomic mass is 10.1. The zero-order valence-corrected chi connectivity index (χ0v) is 12.3. The number of nitrogens with zero attached hydrogens (tertiary/aromatic N) is 3. The van der Waals surface area contributed by atoms with Gasteiger partial charge in [0.1, 0.15) is 10.6 Å². The zero-order chi connectivity index (χ0) is 14.1. The Balaban J connectivity index is 2.06. The topological polar surface area (TPSA) is 55.0 Å². The van der Waals surface area contributed by atoms with Crippen LogP contribution in [0.2, 0.25) is 0 Å². The fourth-order valence-corrected chi connectivity index (χ4v) is 2.95. The standard InChI is InChI=1S/C15H16N4S/c1-3-10-4-6-11(7-5-10)19(2)13-12-8-9-20-14(12)18-15(16)17-13/h4-9H,3H2,1-2H3,(H2,16,17,18). The molecule has 0 aliphatic heterocycles. The van der Waals surface area contributed by atoms with Gasteiger partial charge in [-0.15, -0.1) is 11.3 Å². The number of hydrogen-bond acceptors (Lipinski definition) is 5. The molecule has 0 radical (unpaired) electrons. The Morgan fingerprint density at radius 2 is 1.90 bits per heavy atom. The molecule has 0 spiro atoms. The molecule has 102 valence electrons. The van der Waals surface area contributed by atoms with E-state index >= 15 is 0 Å². The maximum atomic E-state index is 5.80. The van der Waals surface area contributed by atoms with Crippen LogP contribution < -0.4 is 10.6 Å². The number of hydrogen-bond donors (Lipinski definition) is 1. The van der Waals surface area contributed by atoms with Gasteiger partial charge in [0.15, 0.2) is 0 Å². The van der Waals surface area contributed by atoms with Gasteiger partial charge < -0.3 is 10.6 Å². The number of thiophene rings is 1.